The molecule has 0 saturated heterocycles. The molecular formula is C21H21N3O3S2. The summed E-state index contributed by atoms with van der Waals surface area (Å²) in [4.78, 5) is 17.8. The number of sulfonamides is 1. The Kier molecular flexibility index (Phi) is 5.49. The second-order valence-electron chi connectivity index (χ2n) is 7.02. The molecule has 0 bridgehead atoms. The van der Waals surface area contributed by atoms with Crippen LogP contribution >= 0.6 is 11.3 Å². The van der Waals surface area contributed by atoms with Crippen molar-refractivity contribution in [3.63, 3.8) is 0 Å². The number of fused-ring (bicyclic) bond motifs is 1. The number of hydrogen-bond donors (Lipinski definition) is 1. The van der Waals surface area contributed by atoms with E-state index in [2.05, 4.69) is 22.4 Å². The summed E-state index contributed by atoms with van der Waals surface area (Å²) in [5.74, 6) is -0.136. The molecule has 29 heavy (non-hydrogen) atoms. The van der Waals surface area contributed by atoms with Crippen LogP contribution in [-0.4, -0.2) is 36.4 Å². The quantitative estimate of drug-likeness (QED) is 0.678. The van der Waals surface area contributed by atoms with Gasteiger partial charge < -0.3 is 5.32 Å². The Morgan fingerprint density at radius 1 is 1.10 bits per heavy atom. The van der Waals surface area contributed by atoms with Gasteiger partial charge in [0.15, 0.2) is 5.13 Å². The summed E-state index contributed by atoms with van der Waals surface area (Å²) in [7, 11) is -3.22. The van der Waals surface area contributed by atoms with Gasteiger partial charge in [-0.1, -0.05) is 54.6 Å². The summed E-state index contributed by atoms with van der Waals surface area (Å²) in [5, 5.41) is 3.37. The first-order valence-electron chi connectivity index (χ1n) is 9.26. The van der Waals surface area contributed by atoms with Gasteiger partial charge in [-0.3, -0.25) is 4.79 Å². The highest BCUT2D eigenvalue weighted by Crippen LogP contribution is 2.29. The zero-order valence-electron chi connectivity index (χ0n) is 16.0. The van der Waals surface area contributed by atoms with Crippen molar-refractivity contribution in [2.75, 3.05) is 18.1 Å². The van der Waals surface area contributed by atoms with E-state index in [1.807, 2.05) is 42.5 Å². The van der Waals surface area contributed by atoms with Gasteiger partial charge in [-0.05, 0) is 16.7 Å². The second-order valence-corrected chi connectivity index (χ2v) is 10.1. The van der Waals surface area contributed by atoms with Gasteiger partial charge in [0.1, 0.15) is 0 Å². The molecule has 3 aromatic rings. The van der Waals surface area contributed by atoms with Crippen LogP contribution in [0.5, 0.6) is 0 Å². The topological polar surface area (TPSA) is 79.4 Å². The maximum absolute atomic E-state index is 12.4. The fourth-order valence-corrected chi connectivity index (χ4v) is 5.21. The lowest BCUT2D eigenvalue weighted by Gasteiger charge is -2.23. The number of aromatic nitrogens is 1. The lowest BCUT2D eigenvalue weighted by Crippen LogP contribution is -2.34. The van der Waals surface area contributed by atoms with E-state index in [1.54, 1.807) is 0 Å². The Morgan fingerprint density at radius 3 is 2.48 bits per heavy atom. The highest BCUT2D eigenvalue weighted by molar-refractivity contribution is 7.88. The molecule has 2 heterocycles. The van der Waals surface area contributed by atoms with Crippen LogP contribution in [-0.2, 0) is 34.2 Å². The number of nitrogens with one attached hydrogen (secondary N) is 1. The minimum Gasteiger partial charge on any atom is -0.302 e. The van der Waals surface area contributed by atoms with Crippen LogP contribution in [0.1, 0.15) is 16.1 Å². The van der Waals surface area contributed by atoms with E-state index in [9.17, 15) is 13.2 Å². The summed E-state index contributed by atoms with van der Waals surface area (Å²) in [6.07, 6.45) is 2.04. The van der Waals surface area contributed by atoms with Gasteiger partial charge >= 0.3 is 0 Å². The summed E-state index contributed by atoms with van der Waals surface area (Å²) in [6.45, 7) is 0.749. The number of rotatable bonds is 5. The molecule has 4 rings (SSSR count). The van der Waals surface area contributed by atoms with Crippen molar-refractivity contribution in [3.05, 3.63) is 70.7 Å². The number of hydrogen-bond acceptors (Lipinski definition) is 5. The van der Waals surface area contributed by atoms with E-state index < -0.39 is 10.0 Å². The summed E-state index contributed by atoms with van der Waals surface area (Å²) in [6, 6.07) is 18.0. The standard InChI is InChI=1S/C21H21N3O3S2/c1-29(26,27)24-12-11-18-19(14-24)28-21(22-18)23-20(25)13-15-7-9-17(10-8-15)16-5-3-2-4-6-16/h2-10H,11-14H2,1H3,(H,22,23,25). The summed E-state index contributed by atoms with van der Waals surface area (Å²) >= 11 is 1.34. The van der Waals surface area contributed by atoms with Crippen LogP contribution in [0, 0.1) is 0 Å². The minimum atomic E-state index is -3.22. The highest BCUT2D eigenvalue weighted by Gasteiger charge is 2.26. The van der Waals surface area contributed by atoms with Crippen LogP contribution < -0.4 is 5.32 Å². The maximum Gasteiger partial charge on any atom is 0.230 e. The monoisotopic (exact) mass is 427 g/mol. The fourth-order valence-electron chi connectivity index (χ4n) is 3.30. The molecular weight excluding hydrogens is 406 g/mol. The zero-order chi connectivity index (χ0) is 20.4. The first kappa shape index (κ1) is 19.8. The third-order valence-electron chi connectivity index (χ3n) is 4.84. The SMILES string of the molecule is CS(=O)(=O)N1CCc2nc(NC(=O)Cc3ccc(-c4ccccc4)cc3)sc2C1. The molecule has 1 aromatic heterocycles. The molecule has 2 aromatic carbocycles. The molecule has 0 aliphatic carbocycles. The van der Waals surface area contributed by atoms with Crippen molar-refractivity contribution < 1.29 is 13.2 Å². The molecule has 1 N–H and O–H groups in total. The third-order valence-corrected chi connectivity index (χ3v) is 7.08. The molecule has 0 spiro atoms. The third kappa shape index (κ3) is 4.72. The van der Waals surface area contributed by atoms with Gasteiger partial charge in [-0.25, -0.2) is 13.4 Å². The number of amides is 1. The Morgan fingerprint density at radius 2 is 1.79 bits per heavy atom. The van der Waals surface area contributed by atoms with Gasteiger partial charge in [-0.15, -0.1) is 11.3 Å². The maximum atomic E-state index is 12.4. The number of thiazole rings is 1. The van der Waals surface area contributed by atoms with E-state index in [1.165, 1.54) is 21.9 Å². The molecule has 1 aliphatic rings. The fraction of sp³-hybridized carbons (Fsp3) is 0.238. The Balaban J connectivity index is 1.39. The molecule has 0 unspecified atom stereocenters. The van der Waals surface area contributed by atoms with Gasteiger partial charge in [0.05, 0.1) is 18.4 Å². The number of carbonyl (C=O) groups is 1. The summed E-state index contributed by atoms with van der Waals surface area (Å²) < 4.78 is 24.9. The van der Waals surface area contributed by atoms with Crippen molar-refractivity contribution in [2.45, 2.75) is 19.4 Å². The largest absolute Gasteiger partial charge is 0.302 e. The molecule has 0 radical (unpaired) electrons. The minimum absolute atomic E-state index is 0.136. The lowest BCUT2D eigenvalue weighted by molar-refractivity contribution is -0.115. The zero-order valence-corrected chi connectivity index (χ0v) is 17.6. The highest BCUT2D eigenvalue weighted by atomic mass is 32.2. The van der Waals surface area contributed by atoms with Crippen molar-refractivity contribution in [1.82, 2.24) is 9.29 Å². The smallest absolute Gasteiger partial charge is 0.230 e. The molecule has 150 valence electrons. The van der Waals surface area contributed by atoms with Crippen molar-refractivity contribution >= 4 is 32.4 Å². The van der Waals surface area contributed by atoms with Crippen LogP contribution in [0.4, 0.5) is 5.13 Å². The van der Waals surface area contributed by atoms with Crippen LogP contribution in [0.15, 0.2) is 54.6 Å². The van der Waals surface area contributed by atoms with E-state index in [0.29, 0.717) is 24.6 Å². The first-order chi connectivity index (χ1) is 13.9. The van der Waals surface area contributed by atoms with Gasteiger partial charge in [-0.2, -0.15) is 4.31 Å². The lowest BCUT2D eigenvalue weighted by atomic mass is 10.0. The van der Waals surface area contributed by atoms with Gasteiger partial charge in [0, 0.05) is 24.4 Å². The average Bonchev–Trinajstić information content (AvgIpc) is 3.09. The number of benzene rings is 2. The Hall–Kier alpha value is -2.55. The van der Waals surface area contributed by atoms with Crippen molar-refractivity contribution in [3.8, 4) is 11.1 Å². The average molecular weight is 428 g/mol. The van der Waals surface area contributed by atoms with E-state index in [4.69, 9.17) is 0 Å². The van der Waals surface area contributed by atoms with Crippen molar-refractivity contribution in [1.29, 1.82) is 0 Å². The second kappa shape index (κ2) is 8.06. The van der Waals surface area contributed by atoms with Crippen LogP contribution in [0.25, 0.3) is 11.1 Å². The number of anilines is 1. The van der Waals surface area contributed by atoms with Crippen molar-refractivity contribution in [2.24, 2.45) is 0 Å². The number of carbonyl (C=O) groups excluding carboxylic acids is 1. The molecule has 0 fully saturated rings. The van der Waals surface area contributed by atoms with Gasteiger partial charge in [0.2, 0.25) is 15.9 Å². The van der Waals surface area contributed by atoms with Crippen LogP contribution in [0.3, 0.4) is 0 Å². The van der Waals surface area contributed by atoms with Gasteiger partial charge in [0.25, 0.3) is 0 Å². The van der Waals surface area contributed by atoms with E-state index in [-0.39, 0.29) is 12.3 Å². The van der Waals surface area contributed by atoms with E-state index >= 15 is 0 Å². The molecule has 1 amide bonds. The van der Waals surface area contributed by atoms with E-state index in [0.717, 1.165) is 27.3 Å². The molecule has 8 heteroatoms. The summed E-state index contributed by atoms with van der Waals surface area (Å²) in [5.41, 5.74) is 4.04. The van der Waals surface area contributed by atoms with Crippen LogP contribution in [0.2, 0.25) is 0 Å². The first-order valence-corrected chi connectivity index (χ1v) is 11.9. The molecule has 1 aliphatic heterocycles. The predicted molar refractivity (Wildman–Crippen MR) is 115 cm³/mol. The molecule has 0 atom stereocenters. The molecule has 0 saturated carbocycles. The Labute approximate surface area is 174 Å². The predicted octanol–water partition coefficient (Wildman–Crippen LogP) is 3.31. The normalized spacial score (nSPS) is 14.4. The molecule has 6 nitrogen and oxygen atoms in total. The number of nitrogens with zero attached hydrogens (tertiary/aromatic N) is 2. The Bertz CT molecular complexity index is 1120.